The minimum absolute atomic E-state index is 0.199. The molecule has 0 atom stereocenters. The maximum absolute atomic E-state index is 13.7. The minimum Gasteiger partial charge on any atom is -0.467 e. The first kappa shape index (κ1) is 26.3. The van der Waals surface area contributed by atoms with Crippen LogP contribution in [0.5, 0.6) is 0 Å². The van der Waals surface area contributed by atoms with Gasteiger partial charge in [-0.15, -0.1) is 0 Å². The number of nitrogens with zero attached hydrogens (tertiary/aromatic N) is 4. The number of hydrogen-bond donors (Lipinski definition) is 3. The molecule has 1 saturated heterocycles. The first-order valence-electron chi connectivity index (χ1n) is 13.0. The van der Waals surface area contributed by atoms with Crippen LogP contribution in [0.25, 0.3) is 22.6 Å². The van der Waals surface area contributed by atoms with Crippen molar-refractivity contribution in [3.8, 4) is 22.6 Å². The van der Waals surface area contributed by atoms with Crippen molar-refractivity contribution in [2.24, 2.45) is 5.92 Å². The Balaban J connectivity index is 1.17. The van der Waals surface area contributed by atoms with Crippen LogP contribution in [0.3, 0.4) is 0 Å². The number of benzene rings is 1. The quantitative estimate of drug-likeness (QED) is 0.241. The molecule has 5 heterocycles. The molecule has 208 valence electrons. The number of nitrogens with one attached hydrogen (secondary N) is 3. The maximum atomic E-state index is 13.7. The van der Waals surface area contributed by atoms with E-state index in [4.69, 9.17) is 18.9 Å². The number of H-pyrrole nitrogens is 1. The minimum atomic E-state index is -0.603. The number of hydrogen-bond acceptors (Lipinski definition) is 9. The highest BCUT2D eigenvalue weighted by molar-refractivity contribution is 5.92. The molecule has 0 saturated carbocycles. The number of carbonyl (C=O) groups excluding carboxylic acids is 1. The van der Waals surface area contributed by atoms with Crippen molar-refractivity contribution in [2.75, 3.05) is 23.8 Å². The molecule has 6 rings (SSSR count). The highest BCUT2D eigenvalue weighted by Gasteiger charge is 2.29. The van der Waals surface area contributed by atoms with Crippen molar-refractivity contribution >= 4 is 17.5 Å². The van der Waals surface area contributed by atoms with Crippen LogP contribution in [0, 0.1) is 11.7 Å². The second kappa shape index (κ2) is 12.1. The highest BCUT2D eigenvalue weighted by atomic mass is 19.1. The molecule has 3 N–H and O–H groups in total. The lowest BCUT2D eigenvalue weighted by atomic mass is 10.1. The lowest BCUT2D eigenvalue weighted by Gasteiger charge is -2.28. The number of aromatic nitrogens is 5. The predicted octanol–water partition coefficient (Wildman–Crippen LogP) is 4.44. The molecule has 5 aromatic rings. The zero-order chi connectivity index (χ0) is 28.0. The zero-order valence-electron chi connectivity index (χ0n) is 21.8. The van der Waals surface area contributed by atoms with E-state index in [1.807, 2.05) is 12.1 Å². The number of anilines is 2. The number of aromatic amines is 1. The lowest BCUT2D eigenvalue weighted by Crippen LogP contribution is -2.39. The molecule has 1 aliphatic heterocycles. The normalized spacial score (nSPS) is 16.8. The van der Waals surface area contributed by atoms with Crippen LogP contribution >= 0.6 is 0 Å². The van der Waals surface area contributed by atoms with Crippen LogP contribution in [-0.4, -0.2) is 50.3 Å². The maximum Gasteiger partial charge on any atom is 0.232 e. The Morgan fingerprint density at radius 3 is 2.63 bits per heavy atom. The van der Waals surface area contributed by atoms with Gasteiger partial charge >= 0.3 is 0 Å². The average Bonchev–Trinajstić information content (AvgIpc) is 3.68. The molecule has 1 amide bonds. The molecular formula is C29H26FN7O4. The topological polar surface area (TPSA) is 140 Å². The highest BCUT2D eigenvalue weighted by Crippen LogP contribution is 2.30. The summed E-state index contributed by atoms with van der Waals surface area (Å²) >= 11 is 0. The van der Waals surface area contributed by atoms with Gasteiger partial charge in [-0.1, -0.05) is 0 Å². The summed E-state index contributed by atoms with van der Waals surface area (Å²) in [5, 5.41) is 5.97. The van der Waals surface area contributed by atoms with Crippen molar-refractivity contribution in [3.63, 3.8) is 0 Å². The molecular weight excluding hydrogens is 529 g/mol. The lowest BCUT2D eigenvalue weighted by molar-refractivity contribution is -0.199. The standard InChI is InChI=1S/C29H26FN7O4/c30-20-7-5-18(6-8-20)26-27(23-9-11-32-29(35-23)33-15-22-4-2-12-39-22)37-24(36-26)13-25-40-16-19(17-41-25)28(38)34-21-3-1-10-31-14-21/h1-12,14,19,25H,13,15-17H2,(H,34,38)(H,36,37)(H,32,33,35). The SMILES string of the molecule is O=C(Nc1cccnc1)C1COC(Cc2nc(-c3ccc(F)cc3)c(-c3ccnc(NCc4ccco4)n3)[nH]2)OC1. The van der Waals surface area contributed by atoms with Gasteiger partial charge in [0.1, 0.15) is 17.4 Å². The molecule has 41 heavy (non-hydrogen) atoms. The number of carbonyl (C=O) groups is 1. The number of pyridine rings is 1. The second-order valence-electron chi connectivity index (χ2n) is 9.34. The zero-order valence-corrected chi connectivity index (χ0v) is 21.8. The Morgan fingerprint density at radius 1 is 1.02 bits per heavy atom. The summed E-state index contributed by atoms with van der Waals surface area (Å²) in [7, 11) is 0. The van der Waals surface area contributed by atoms with E-state index >= 15 is 0 Å². The summed E-state index contributed by atoms with van der Waals surface area (Å²) in [6, 6.07) is 15.0. The molecule has 1 aliphatic rings. The van der Waals surface area contributed by atoms with Crippen LogP contribution in [0.1, 0.15) is 11.6 Å². The van der Waals surface area contributed by atoms with Gasteiger partial charge in [-0.3, -0.25) is 9.78 Å². The van der Waals surface area contributed by atoms with Crippen LogP contribution < -0.4 is 10.6 Å². The molecule has 1 fully saturated rings. The van der Waals surface area contributed by atoms with Gasteiger partial charge in [0, 0.05) is 18.0 Å². The van der Waals surface area contributed by atoms with Crippen molar-refractivity contribution < 1.29 is 23.1 Å². The van der Waals surface area contributed by atoms with E-state index in [2.05, 4.69) is 30.6 Å². The van der Waals surface area contributed by atoms with E-state index < -0.39 is 12.2 Å². The van der Waals surface area contributed by atoms with Gasteiger partial charge in [-0.2, -0.15) is 0 Å². The van der Waals surface area contributed by atoms with Crippen molar-refractivity contribution in [1.29, 1.82) is 0 Å². The number of halogens is 1. The molecule has 0 aliphatic carbocycles. The van der Waals surface area contributed by atoms with E-state index in [-0.39, 0.29) is 24.9 Å². The summed E-state index contributed by atoms with van der Waals surface area (Å²) in [5.74, 6) is 0.751. The van der Waals surface area contributed by atoms with Crippen molar-refractivity contribution in [3.05, 3.63) is 96.9 Å². The summed E-state index contributed by atoms with van der Waals surface area (Å²) < 4.78 is 30.8. The van der Waals surface area contributed by atoms with E-state index in [9.17, 15) is 9.18 Å². The van der Waals surface area contributed by atoms with Crippen LogP contribution in [-0.2, 0) is 27.2 Å². The number of furan rings is 1. The van der Waals surface area contributed by atoms with Gasteiger partial charge in [0.2, 0.25) is 11.9 Å². The molecule has 0 bridgehead atoms. The Morgan fingerprint density at radius 2 is 1.88 bits per heavy atom. The van der Waals surface area contributed by atoms with E-state index in [1.54, 1.807) is 55.2 Å². The van der Waals surface area contributed by atoms with E-state index in [0.29, 0.717) is 53.1 Å². The summed E-state index contributed by atoms with van der Waals surface area (Å²) in [4.78, 5) is 33.7. The Hall–Kier alpha value is -4.94. The monoisotopic (exact) mass is 555 g/mol. The molecule has 0 unspecified atom stereocenters. The van der Waals surface area contributed by atoms with Gasteiger partial charge in [-0.05, 0) is 54.6 Å². The molecule has 0 spiro atoms. The van der Waals surface area contributed by atoms with Crippen LogP contribution in [0.2, 0.25) is 0 Å². The fourth-order valence-corrected chi connectivity index (χ4v) is 4.33. The molecule has 12 heteroatoms. The van der Waals surface area contributed by atoms with E-state index in [1.165, 1.54) is 12.1 Å². The van der Waals surface area contributed by atoms with Crippen LogP contribution in [0.15, 0.2) is 83.9 Å². The van der Waals surface area contributed by atoms with Gasteiger partial charge in [0.15, 0.2) is 6.29 Å². The Labute approximate surface area is 234 Å². The fraction of sp³-hybridized carbons (Fsp3) is 0.207. The first-order chi connectivity index (χ1) is 20.1. The van der Waals surface area contributed by atoms with Gasteiger partial charge in [0.25, 0.3) is 0 Å². The summed E-state index contributed by atoms with van der Waals surface area (Å²) in [5.41, 5.74) is 3.16. The Kier molecular flexibility index (Phi) is 7.74. The average molecular weight is 556 g/mol. The Bertz CT molecular complexity index is 1590. The molecule has 0 radical (unpaired) electrons. The number of amides is 1. The summed E-state index contributed by atoms with van der Waals surface area (Å²) in [6.07, 6.45) is 6.16. The third kappa shape index (κ3) is 6.45. The fourth-order valence-electron chi connectivity index (χ4n) is 4.33. The first-order valence-corrected chi connectivity index (χ1v) is 13.0. The summed E-state index contributed by atoms with van der Waals surface area (Å²) in [6.45, 7) is 0.824. The third-order valence-corrected chi connectivity index (χ3v) is 6.41. The van der Waals surface area contributed by atoms with Crippen molar-refractivity contribution in [1.82, 2.24) is 24.9 Å². The second-order valence-corrected chi connectivity index (χ2v) is 9.34. The van der Waals surface area contributed by atoms with Gasteiger partial charge in [0.05, 0.1) is 67.3 Å². The molecule has 4 aromatic heterocycles. The van der Waals surface area contributed by atoms with Gasteiger partial charge < -0.3 is 29.5 Å². The number of ether oxygens (including phenoxy) is 2. The predicted molar refractivity (Wildman–Crippen MR) is 147 cm³/mol. The molecule has 11 nitrogen and oxygen atoms in total. The molecule has 1 aromatic carbocycles. The largest absolute Gasteiger partial charge is 0.467 e. The number of rotatable bonds is 9. The van der Waals surface area contributed by atoms with Crippen LogP contribution in [0.4, 0.5) is 16.0 Å². The van der Waals surface area contributed by atoms with Gasteiger partial charge in [-0.25, -0.2) is 19.3 Å². The smallest absolute Gasteiger partial charge is 0.232 e. The van der Waals surface area contributed by atoms with Crippen molar-refractivity contribution in [2.45, 2.75) is 19.3 Å². The third-order valence-electron chi connectivity index (χ3n) is 6.41. The van der Waals surface area contributed by atoms with E-state index in [0.717, 1.165) is 5.76 Å². The number of imidazole rings is 1.